The lowest BCUT2D eigenvalue weighted by molar-refractivity contribution is 0.394. The third kappa shape index (κ3) is 3.01. The fraction of sp³-hybridized carbons (Fsp3) is 0.600. The van der Waals surface area contributed by atoms with Crippen molar-refractivity contribution in [1.29, 1.82) is 0 Å². The fourth-order valence-corrected chi connectivity index (χ4v) is 2.50. The van der Waals surface area contributed by atoms with E-state index in [1.165, 1.54) is 17.7 Å². The summed E-state index contributed by atoms with van der Waals surface area (Å²) in [5.74, 6) is 0. The largest absolute Gasteiger partial charge is 0.370 e. The highest BCUT2D eigenvalue weighted by molar-refractivity contribution is 5.53. The summed E-state index contributed by atoms with van der Waals surface area (Å²) in [5.41, 5.74) is 3.16. The van der Waals surface area contributed by atoms with Crippen molar-refractivity contribution >= 4 is 5.69 Å². The van der Waals surface area contributed by atoms with Crippen LogP contribution in [0, 0.1) is 0 Å². The molecule has 0 radical (unpaired) electrons. The first-order valence-electron chi connectivity index (χ1n) is 6.70. The summed E-state index contributed by atoms with van der Waals surface area (Å²) in [5, 5.41) is 3.62. The maximum Gasteiger partial charge on any atom is 0.0399 e. The van der Waals surface area contributed by atoms with Gasteiger partial charge in [-0.25, -0.2) is 0 Å². The zero-order chi connectivity index (χ0) is 12.3. The third-order valence-electron chi connectivity index (χ3n) is 3.71. The number of para-hydroxylation sites is 1. The molecule has 0 spiro atoms. The molecule has 1 aromatic rings. The number of benzene rings is 1. The topological polar surface area (TPSA) is 15.3 Å². The molecule has 0 unspecified atom stereocenters. The molecule has 0 saturated carbocycles. The number of hydrogen-bond acceptors (Lipinski definition) is 2. The monoisotopic (exact) mass is 232 g/mol. The van der Waals surface area contributed by atoms with Gasteiger partial charge in [-0.2, -0.15) is 0 Å². The molecule has 94 valence electrons. The lowest BCUT2D eigenvalue weighted by Gasteiger charge is -2.26. The lowest BCUT2D eigenvalue weighted by atomic mass is 10.0. The molecule has 0 bridgehead atoms. The van der Waals surface area contributed by atoms with Crippen LogP contribution < -0.4 is 10.2 Å². The van der Waals surface area contributed by atoms with Crippen molar-refractivity contribution in [2.45, 2.75) is 39.2 Å². The van der Waals surface area contributed by atoms with Gasteiger partial charge in [0.05, 0.1) is 0 Å². The van der Waals surface area contributed by atoms with Crippen LogP contribution in [0.5, 0.6) is 0 Å². The van der Waals surface area contributed by atoms with E-state index >= 15 is 0 Å². The third-order valence-corrected chi connectivity index (χ3v) is 3.71. The Balaban J connectivity index is 2.17. The van der Waals surface area contributed by atoms with Crippen LogP contribution in [-0.2, 0) is 6.42 Å². The predicted octanol–water partition coefficient (Wildman–Crippen LogP) is 2.83. The summed E-state index contributed by atoms with van der Waals surface area (Å²) in [6.07, 6.45) is 2.31. The van der Waals surface area contributed by atoms with Crippen molar-refractivity contribution in [2.75, 3.05) is 24.5 Å². The molecular weight excluding hydrogens is 208 g/mol. The van der Waals surface area contributed by atoms with Gasteiger partial charge in [0.25, 0.3) is 0 Å². The molecule has 17 heavy (non-hydrogen) atoms. The van der Waals surface area contributed by atoms with Crippen LogP contribution in [0.3, 0.4) is 0 Å². The molecule has 1 aliphatic heterocycles. The number of nitrogens with one attached hydrogen (secondary N) is 1. The van der Waals surface area contributed by atoms with Gasteiger partial charge in [0.2, 0.25) is 0 Å². The van der Waals surface area contributed by atoms with Crippen molar-refractivity contribution < 1.29 is 0 Å². The van der Waals surface area contributed by atoms with Crippen LogP contribution in [0.15, 0.2) is 24.3 Å². The van der Waals surface area contributed by atoms with Gasteiger partial charge in [0.15, 0.2) is 0 Å². The van der Waals surface area contributed by atoms with Crippen molar-refractivity contribution in [1.82, 2.24) is 5.32 Å². The summed E-state index contributed by atoms with van der Waals surface area (Å²) in [6, 6.07) is 8.80. The first-order chi connectivity index (χ1) is 8.12. The molecule has 0 aromatic heterocycles. The maximum atomic E-state index is 3.62. The Bertz CT molecular complexity index is 371. The molecule has 1 heterocycles. The summed E-state index contributed by atoms with van der Waals surface area (Å²) < 4.78 is 0. The van der Waals surface area contributed by atoms with Crippen LogP contribution in [-0.4, -0.2) is 25.2 Å². The van der Waals surface area contributed by atoms with E-state index in [2.05, 4.69) is 55.3 Å². The summed E-state index contributed by atoms with van der Waals surface area (Å²) in [4.78, 5) is 2.53. The second kappa shape index (κ2) is 5.09. The minimum absolute atomic E-state index is 0.274. The summed E-state index contributed by atoms with van der Waals surface area (Å²) >= 11 is 0. The Morgan fingerprint density at radius 2 is 2.00 bits per heavy atom. The van der Waals surface area contributed by atoms with Crippen LogP contribution >= 0.6 is 0 Å². The van der Waals surface area contributed by atoms with E-state index in [-0.39, 0.29) is 5.54 Å². The van der Waals surface area contributed by atoms with Crippen molar-refractivity contribution in [3.63, 3.8) is 0 Å². The molecule has 2 rings (SSSR count). The Labute approximate surface area is 105 Å². The predicted molar refractivity (Wildman–Crippen MR) is 74.7 cm³/mol. The Morgan fingerprint density at radius 3 is 2.76 bits per heavy atom. The average Bonchev–Trinajstić information content (AvgIpc) is 2.50. The highest BCUT2D eigenvalue weighted by atomic mass is 15.2. The van der Waals surface area contributed by atoms with Gasteiger partial charge in [-0.1, -0.05) is 25.1 Å². The average molecular weight is 232 g/mol. The summed E-state index contributed by atoms with van der Waals surface area (Å²) in [6.45, 7) is 10.2. The minimum Gasteiger partial charge on any atom is -0.370 e. The van der Waals surface area contributed by atoms with E-state index in [0.29, 0.717) is 0 Å². The molecule has 0 aliphatic carbocycles. The van der Waals surface area contributed by atoms with Gasteiger partial charge in [-0.15, -0.1) is 0 Å². The molecule has 2 heteroatoms. The molecule has 0 amide bonds. The Kier molecular flexibility index (Phi) is 3.72. The van der Waals surface area contributed by atoms with Gasteiger partial charge in [-0.05, 0) is 38.3 Å². The molecule has 1 aromatic carbocycles. The number of hydrogen-bond donors (Lipinski definition) is 1. The molecule has 1 fully saturated rings. The van der Waals surface area contributed by atoms with E-state index in [9.17, 15) is 0 Å². The molecule has 1 saturated heterocycles. The van der Waals surface area contributed by atoms with Crippen LogP contribution in [0.1, 0.15) is 32.8 Å². The first kappa shape index (κ1) is 12.4. The van der Waals surface area contributed by atoms with Crippen molar-refractivity contribution in [3.8, 4) is 0 Å². The number of anilines is 1. The normalized spacial score (nSPS) is 20.1. The first-order valence-corrected chi connectivity index (χ1v) is 6.70. The zero-order valence-corrected chi connectivity index (χ0v) is 11.3. The standard InChI is InChI=1S/C15H24N2/c1-4-13-7-5-6-8-14(13)17-11-9-15(2,3)16-10-12-17/h5-8,16H,4,9-12H2,1-3H3. The van der Waals surface area contributed by atoms with E-state index < -0.39 is 0 Å². The molecular formula is C15H24N2. The van der Waals surface area contributed by atoms with Crippen LogP contribution in [0.2, 0.25) is 0 Å². The molecule has 2 nitrogen and oxygen atoms in total. The fourth-order valence-electron chi connectivity index (χ4n) is 2.50. The van der Waals surface area contributed by atoms with Crippen molar-refractivity contribution in [2.24, 2.45) is 0 Å². The van der Waals surface area contributed by atoms with Crippen LogP contribution in [0.4, 0.5) is 5.69 Å². The SMILES string of the molecule is CCc1ccccc1N1CCNC(C)(C)CC1. The zero-order valence-electron chi connectivity index (χ0n) is 11.3. The van der Waals surface area contributed by atoms with Gasteiger partial charge in [-0.3, -0.25) is 0 Å². The number of aryl methyl sites for hydroxylation is 1. The smallest absolute Gasteiger partial charge is 0.0399 e. The maximum absolute atomic E-state index is 3.62. The number of nitrogens with zero attached hydrogens (tertiary/aromatic N) is 1. The highest BCUT2D eigenvalue weighted by Gasteiger charge is 2.22. The molecule has 1 N–H and O–H groups in total. The quantitative estimate of drug-likeness (QED) is 0.843. The molecule has 1 aliphatic rings. The summed E-state index contributed by atoms with van der Waals surface area (Å²) in [7, 11) is 0. The van der Waals surface area contributed by atoms with E-state index in [0.717, 1.165) is 26.1 Å². The van der Waals surface area contributed by atoms with Gasteiger partial charge in [0.1, 0.15) is 0 Å². The lowest BCUT2D eigenvalue weighted by Crippen LogP contribution is -2.39. The second-order valence-electron chi connectivity index (χ2n) is 5.53. The second-order valence-corrected chi connectivity index (χ2v) is 5.53. The van der Waals surface area contributed by atoms with Crippen LogP contribution in [0.25, 0.3) is 0 Å². The van der Waals surface area contributed by atoms with Gasteiger partial charge in [0, 0.05) is 30.9 Å². The van der Waals surface area contributed by atoms with E-state index in [4.69, 9.17) is 0 Å². The van der Waals surface area contributed by atoms with Gasteiger partial charge < -0.3 is 10.2 Å². The Hall–Kier alpha value is -1.02. The van der Waals surface area contributed by atoms with Gasteiger partial charge >= 0.3 is 0 Å². The molecule has 0 atom stereocenters. The minimum atomic E-state index is 0.274. The van der Waals surface area contributed by atoms with Crippen molar-refractivity contribution in [3.05, 3.63) is 29.8 Å². The van der Waals surface area contributed by atoms with E-state index in [1.54, 1.807) is 0 Å². The Morgan fingerprint density at radius 1 is 1.24 bits per heavy atom. The number of rotatable bonds is 2. The van der Waals surface area contributed by atoms with E-state index in [1.807, 2.05) is 0 Å². The highest BCUT2D eigenvalue weighted by Crippen LogP contribution is 2.23.